The molecule has 0 aliphatic carbocycles. The first-order valence-corrected chi connectivity index (χ1v) is 9.97. The van der Waals surface area contributed by atoms with E-state index in [1.807, 2.05) is 30.3 Å². The van der Waals surface area contributed by atoms with Gasteiger partial charge in [-0.05, 0) is 30.2 Å². The topological polar surface area (TPSA) is 87.5 Å². The van der Waals surface area contributed by atoms with Gasteiger partial charge in [0, 0.05) is 42.4 Å². The summed E-state index contributed by atoms with van der Waals surface area (Å²) in [5.41, 5.74) is 3.67. The number of nitrogens with one attached hydrogen (secondary N) is 2. The second-order valence-electron chi connectivity index (χ2n) is 7.31. The van der Waals surface area contributed by atoms with Gasteiger partial charge in [-0.25, -0.2) is 4.98 Å². The lowest BCUT2D eigenvalue weighted by atomic mass is 10.1. The number of para-hydroxylation sites is 1. The normalized spacial score (nSPS) is 13.9. The third-order valence-corrected chi connectivity index (χ3v) is 5.16. The van der Waals surface area contributed by atoms with E-state index in [0.717, 1.165) is 39.8 Å². The molecule has 4 rings (SSSR count). The molecule has 30 heavy (non-hydrogen) atoms. The molecule has 0 fully saturated rings. The van der Waals surface area contributed by atoms with E-state index in [4.69, 9.17) is 4.42 Å². The van der Waals surface area contributed by atoms with Gasteiger partial charge in [0.05, 0.1) is 13.1 Å². The molecule has 0 radical (unpaired) electrons. The first kappa shape index (κ1) is 19.8. The third-order valence-electron chi connectivity index (χ3n) is 5.16. The zero-order chi connectivity index (χ0) is 21.1. The molecule has 2 aromatic heterocycles. The average Bonchev–Trinajstić information content (AvgIpc) is 2.98. The van der Waals surface area contributed by atoms with Crippen molar-refractivity contribution in [2.45, 2.75) is 26.4 Å². The lowest BCUT2D eigenvalue weighted by molar-refractivity contribution is -0.125. The molecule has 154 valence electrons. The van der Waals surface area contributed by atoms with E-state index >= 15 is 0 Å². The number of aryl methyl sites for hydroxylation is 1. The van der Waals surface area contributed by atoms with Crippen LogP contribution in [-0.2, 0) is 29.1 Å². The fourth-order valence-corrected chi connectivity index (χ4v) is 3.61. The summed E-state index contributed by atoms with van der Waals surface area (Å²) < 4.78 is 5.99. The number of aromatic nitrogens is 1. The van der Waals surface area contributed by atoms with Crippen molar-refractivity contribution in [1.29, 1.82) is 0 Å². The van der Waals surface area contributed by atoms with Crippen molar-refractivity contribution in [1.82, 2.24) is 15.2 Å². The van der Waals surface area contributed by atoms with E-state index in [1.165, 1.54) is 6.08 Å². The Labute approximate surface area is 174 Å². The minimum Gasteiger partial charge on any atom is -0.459 e. The van der Waals surface area contributed by atoms with Crippen LogP contribution >= 0.6 is 0 Å². The quantitative estimate of drug-likeness (QED) is 0.638. The first-order chi connectivity index (χ1) is 14.5. The molecular weight excluding hydrogens is 380 g/mol. The van der Waals surface area contributed by atoms with Gasteiger partial charge in [0.1, 0.15) is 17.2 Å². The van der Waals surface area contributed by atoms with E-state index in [1.54, 1.807) is 24.2 Å². The number of anilines is 1. The number of likely N-dealkylation sites (N-methyl/N-ethyl adjacent to an activating group) is 1. The van der Waals surface area contributed by atoms with Gasteiger partial charge in [-0.3, -0.25) is 9.59 Å². The second-order valence-corrected chi connectivity index (χ2v) is 7.31. The number of furan rings is 1. The number of nitrogens with zero attached hydrogens (tertiary/aromatic N) is 2. The summed E-state index contributed by atoms with van der Waals surface area (Å²) in [4.78, 5) is 30.2. The van der Waals surface area contributed by atoms with Gasteiger partial charge in [-0.1, -0.05) is 25.1 Å². The van der Waals surface area contributed by atoms with Gasteiger partial charge in [0.25, 0.3) is 0 Å². The molecule has 1 aromatic carbocycles. The minimum atomic E-state index is -0.126. The van der Waals surface area contributed by atoms with Crippen LogP contribution in [0.5, 0.6) is 0 Å². The monoisotopic (exact) mass is 404 g/mol. The summed E-state index contributed by atoms with van der Waals surface area (Å²) in [6.07, 6.45) is 5.75. The largest absolute Gasteiger partial charge is 0.459 e. The van der Waals surface area contributed by atoms with Crippen LogP contribution in [0, 0.1) is 0 Å². The Morgan fingerprint density at radius 3 is 2.97 bits per heavy atom. The van der Waals surface area contributed by atoms with Crippen molar-refractivity contribution in [3.63, 3.8) is 0 Å². The molecule has 3 heterocycles. The highest BCUT2D eigenvalue weighted by Crippen LogP contribution is 2.27. The van der Waals surface area contributed by atoms with Crippen molar-refractivity contribution >= 4 is 34.7 Å². The summed E-state index contributed by atoms with van der Waals surface area (Å²) in [5, 5.41) is 6.91. The Balaban J connectivity index is 1.47. The van der Waals surface area contributed by atoms with Gasteiger partial charge in [-0.15, -0.1) is 0 Å². The molecule has 0 spiro atoms. The van der Waals surface area contributed by atoms with Gasteiger partial charge in [0.15, 0.2) is 0 Å². The number of benzene rings is 1. The molecule has 7 nitrogen and oxygen atoms in total. The number of carbonyl (C=O) groups is 2. The third kappa shape index (κ3) is 4.11. The molecule has 3 aromatic rings. The summed E-state index contributed by atoms with van der Waals surface area (Å²) in [6, 6.07) is 9.85. The molecule has 1 aliphatic rings. The number of fused-ring (bicyclic) bond motifs is 2. The maximum absolute atomic E-state index is 12.6. The van der Waals surface area contributed by atoms with Crippen molar-refractivity contribution in [2.75, 3.05) is 18.9 Å². The number of amides is 2. The summed E-state index contributed by atoms with van der Waals surface area (Å²) >= 11 is 0. The van der Waals surface area contributed by atoms with Crippen molar-refractivity contribution in [3.05, 3.63) is 65.1 Å². The molecule has 0 bridgehead atoms. The minimum absolute atomic E-state index is 0.113. The molecule has 0 unspecified atom stereocenters. The number of hydrogen-bond donors (Lipinski definition) is 2. The van der Waals surface area contributed by atoms with Crippen LogP contribution in [0.1, 0.15) is 29.4 Å². The lowest BCUT2D eigenvalue weighted by Gasteiger charge is -2.14. The Hall–Kier alpha value is -3.45. The number of rotatable bonds is 5. The molecule has 7 heteroatoms. The Morgan fingerprint density at radius 2 is 2.13 bits per heavy atom. The maximum Gasteiger partial charge on any atom is 0.246 e. The molecule has 1 aliphatic heterocycles. The summed E-state index contributed by atoms with van der Waals surface area (Å²) in [6.45, 7) is 3.29. The number of pyridine rings is 1. The van der Waals surface area contributed by atoms with Crippen LogP contribution in [-0.4, -0.2) is 35.3 Å². The molecule has 2 N–H and O–H groups in total. The molecular formula is C23H24N4O3. The molecule has 0 saturated carbocycles. The van der Waals surface area contributed by atoms with Crippen LogP contribution in [0.4, 0.5) is 5.82 Å². The molecule has 0 atom stereocenters. The smallest absolute Gasteiger partial charge is 0.246 e. The second kappa shape index (κ2) is 8.51. The molecule has 0 saturated heterocycles. The fraction of sp³-hybridized carbons (Fsp3) is 0.261. The summed E-state index contributed by atoms with van der Waals surface area (Å²) in [5.74, 6) is 1.14. The predicted molar refractivity (Wildman–Crippen MR) is 116 cm³/mol. The van der Waals surface area contributed by atoms with Crippen LogP contribution in [0.25, 0.3) is 17.0 Å². The number of carbonyl (C=O) groups excluding carboxylic acids is 2. The zero-order valence-electron chi connectivity index (χ0n) is 17.1. The average molecular weight is 404 g/mol. The van der Waals surface area contributed by atoms with Crippen molar-refractivity contribution in [3.8, 4) is 0 Å². The highest BCUT2D eigenvalue weighted by atomic mass is 16.3. The van der Waals surface area contributed by atoms with E-state index in [-0.39, 0.29) is 18.4 Å². The summed E-state index contributed by atoms with van der Waals surface area (Å²) in [7, 11) is 1.76. The van der Waals surface area contributed by atoms with Gasteiger partial charge < -0.3 is 20.0 Å². The predicted octanol–water partition coefficient (Wildman–Crippen LogP) is 3.10. The highest BCUT2D eigenvalue weighted by Gasteiger charge is 2.16. The Bertz CT molecular complexity index is 1130. The van der Waals surface area contributed by atoms with Gasteiger partial charge in [-0.2, -0.15) is 0 Å². The van der Waals surface area contributed by atoms with E-state index < -0.39 is 0 Å². The van der Waals surface area contributed by atoms with Crippen LogP contribution in [0.3, 0.4) is 0 Å². The van der Waals surface area contributed by atoms with Gasteiger partial charge in [0.2, 0.25) is 11.8 Å². The Morgan fingerprint density at radius 1 is 1.30 bits per heavy atom. The standard InChI is InChI=1S/C23H24N4O3/c1-3-17-18-6-4-5-7-19(18)30-20(17)14-27(2)22(29)9-8-15-10-16-12-24-13-21(28)26-23(16)25-11-15/h4-11,24H,3,12-14H2,1-2H3,(H,25,26,28). The Kier molecular flexibility index (Phi) is 5.63. The highest BCUT2D eigenvalue weighted by molar-refractivity contribution is 5.93. The van der Waals surface area contributed by atoms with E-state index in [0.29, 0.717) is 18.9 Å². The molecule has 2 amide bonds. The lowest BCUT2D eigenvalue weighted by Crippen LogP contribution is -2.24. The zero-order valence-corrected chi connectivity index (χ0v) is 17.1. The van der Waals surface area contributed by atoms with Crippen LogP contribution < -0.4 is 10.6 Å². The van der Waals surface area contributed by atoms with Crippen LogP contribution in [0.15, 0.2) is 47.0 Å². The maximum atomic E-state index is 12.6. The SMILES string of the molecule is CCc1c(CN(C)C(=O)C=Cc2cnc3c(c2)CNCC(=O)N3)oc2ccccc12. The first-order valence-electron chi connectivity index (χ1n) is 9.97. The van der Waals surface area contributed by atoms with Crippen LogP contribution in [0.2, 0.25) is 0 Å². The van der Waals surface area contributed by atoms with Gasteiger partial charge >= 0.3 is 0 Å². The van der Waals surface area contributed by atoms with Crippen molar-refractivity contribution < 1.29 is 14.0 Å². The van der Waals surface area contributed by atoms with E-state index in [2.05, 4.69) is 22.5 Å². The van der Waals surface area contributed by atoms with E-state index in [9.17, 15) is 9.59 Å². The fourth-order valence-electron chi connectivity index (χ4n) is 3.61. The number of hydrogen-bond acceptors (Lipinski definition) is 5. The van der Waals surface area contributed by atoms with Crippen molar-refractivity contribution in [2.24, 2.45) is 0 Å².